The molecule has 1 aliphatic rings. The van der Waals surface area contributed by atoms with Crippen LogP contribution < -0.4 is 4.74 Å². The van der Waals surface area contributed by atoms with E-state index in [4.69, 9.17) is 16.3 Å². The van der Waals surface area contributed by atoms with Gasteiger partial charge >= 0.3 is 0 Å². The molecule has 5 nitrogen and oxygen atoms in total. The molecule has 0 aromatic heterocycles. The first kappa shape index (κ1) is 15.1. The molecule has 1 N–H and O–H groups in total. The van der Waals surface area contributed by atoms with E-state index in [1.807, 2.05) is 7.05 Å². The van der Waals surface area contributed by atoms with Gasteiger partial charge in [-0.15, -0.1) is 0 Å². The van der Waals surface area contributed by atoms with Crippen LogP contribution in [0.15, 0.2) is 18.2 Å². The fraction of sp³-hybridized carbons (Fsp3) is 0.500. The van der Waals surface area contributed by atoms with E-state index in [9.17, 15) is 9.90 Å². The van der Waals surface area contributed by atoms with Gasteiger partial charge in [0.2, 0.25) is 0 Å². The highest BCUT2D eigenvalue weighted by Crippen LogP contribution is 2.22. The lowest BCUT2D eigenvalue weighted by Crippen LogP contribution is -2.48. The van der Waals surface area contributed by atoms with Crippen LogP contribution in [0.4, 0.5) is 0 Å². The first-order valence-electron chi connectivity index (χ1n) is 6.58. The van der Waals surface area contributed by atoms with E-state index in [0.717, 1.165) is 26.2 Å². The number of piperazine rings is 1. The zero-order chi connectivity index (χ0) is 14.5. The summed E-state index contributed by atoms with van der Waals surface area (Å²) in [7, 11) is 2.04. The van der Waals surface area contributed by atoms with E-state index in [0.29, 0.717) is 16.3 Å². The fourth-order valence-electron chi connectivity index (χ4n) is 2.10. The van der Waals surface area contributed by atoms with Crippen molar-refractivity contribution >= 4 is 17.5 Å². The van der Waals surface area contributed by atoms with Crippen molar-refractivity contribution in [3.8, 4) is 5.75 Å². The molecule has 6 heteroatoms. The van der Waals surface area contributed by atoms with Gasteiger partial charge in [-0.1, -0.05) is 11.6 Å². The number of nitrogens with zero attached hydrogens (tertiary/aromatic N) is 2. The molecule has 0 radical (unpaired) electrons. The first-order valence-corrected chi connectivity index (χ1v) is 6.96. The normalized spacial score (nSPS) is 16.2. The SMILES string of the molecule is CN1CCN(C(=O)COc2ccc(Cl)cc2CO)CC1. The van der Waals surface area contributed by atoms with Gasteiger partial charge in [0.05, 0.1) is 6.61 Å². The molecule has 20 heavy (non-hydrogen) atoms. The number of ether oxygens (including phenoxy) is 1. The summed E-state index contributed by atoms with van der Waals surface area (Å²) >= 11 is 5.85. The molecular weight excluding hydrogens is 280 g/mol. The molecule has 1 fully saturated rings. The summed E-state index contributed by atoms with van der Waals surface area (Å²) in [6, 6.07) is 4.98. The molecule has 0 bridgehead atoms. The van der Waals surface area contributed by atoms with Crippen molar-refractivity contribution in [3.05, 3.63) is 28.8 Å². The van der Waals surface area contributed by atoms with Crippen LogP contribution in [0.3, 0.4) is 0 Å². The molecule has 0 aliphatic carbocycles. The molecule has 1 aromatic carbocycles. The van der Waals surface area contributed by atoms with Gasteiger partial charge in [-0.05, 0) is 25.2 Å². The van der Waals surface area contributed by atoms with Gasteiger partial charge in [0.25, 0.3) is 5.91 Å². The van der Waals surface area contributed by atoms with Crippen LogP contribution in [0.2, 0.25) is 5.02 Å². The molecule has 0 spiro atoms. The summed E-state index contributed by atoms with van der Waals surface area (Å²) in [5.74, 6) is 0.469. The van der Waals surface area contributed by atoms with Gasteiger partial charge in [-0.25, -0.2) is 0 Å². The molecule has 1 heterocycles. The Morgan fingerprint density at radius 2 is 2.05 bits per heavy atom. The Labute approximate surface area is 123 Å². The summed E-state index contributed by atoms with van der Waals surface area (Å²) in [5, 5.41) is 9.78. The number of benzene rings is 1. The Morgan fingerprint density at radius 3 is 2.70 bits per heavy atom. The standard InChI is InChI=1S/C14H19ClN2O3/c1-16-4-6-17(7-5-16)14(19)10-20-13-3-2-12(15)8-11(13)9-18/h2-3,8,18H,4-7,9-10H2,1H3. The average molecular weight is 299 g/mol. The summed E-state index contributed by atoms with van der Waals surface area (Å²) in [6.07, 6.45) is 0. The number of amides is 1. The Bertz CT molecular complexity index is 473. The number of aliphatic hydroxyl groups is 1. The number of aliphatic hydroxyl groups excluding tert-OH is 1. The van der Waals surface area contributed by atoms with Crippen LogP contribution in [-0.2, 0) is 11.4 Å². The number of carbonyl (C=O) groups excluding carboxylic acids is 1. The minimum Gasteiger partial charge on any atom is -0.483 e. The highest BCUT2D eigenvalue weighted by molar-refractivity contribution is 6.30. The van der Waals surface area contributed by atoms with Crippen molar-refractivity contribution in [2.75, 3.05) is 39.8 Å². The molecule has 0 atom stereocenters. The Kier molecular flexibility index (Phi) is 5.23. The number of halogens is 1. The lowest BCUT2D eigenvalue weighted by atomic mass is 10.2. The topological polar surface area (TPSA) is 53.0 Å². The number of rotatable bonds is 4. The molecule has 1 amide bonds. The predicted octanol–water partition coefficient (Wildman–Crippen LogP) is 0.985. The molecule has 0 unspecified atom stereocenters. The van der Waals surface area contributed by atoms with Gasteiger partial charge in [0.1, 0.15) is 5.75 Å². The second kappa shape index (κ2) is 6.92. The molecule has 0 saturated carbocycles. The third kappa shape index (κ3) is 3.85. The first-order chi connectivity index (χ1) is 9.60. The smallest absolute Gasteiger partial charge is 0.260 e. The number of carbonyl (C=O) groups is 1. The van der Waals surface area contributed by atoms with Gasteiger partial charge in [-0.3, -0.25) is 4.79 Å². The molecule has 110 valence electrons. The highest BCUT2D eigenvalue weighted by atomic mass is 35.5. The van der Waals surface area contributed by atoms with E-state index in [2.05, 4.69) is 4.90 Å². The van der Waals surface area contributed by atoms with Crippen LogP contribution in [0.1, 0.15) is 5.56 Å². The van der Waals surface area contributed by atoms with E-state index in [1.165, 1.54) is 0 Å². The van der Waals surface area contributed by atoms with Gasteiger partial charge in [-0.2, -0.15) is 0 Å². The Morgan fingerprint density at radius 1 is 1.35 bits per heavy atom. The summed E-state index contributed by atoms with van der Waals surface area (Å²) in [4.78, 5) is 16.0. The van der Waals surface area contributed by atoms with Crippen molar-refractivity contribution in [2.24, 2.45) is 0 Å². The molecular formula is C14H19ClN2O3. The van der Waals surface area contributed by atoms with E-state index >= 15 is 0 Å². The van der Waals surface area contributed by atoms with E-state index in [1.54, 1.807) is 23.1 Å². The predicted molar refractivity (Wildman–Crippen MR) is 76.9 cm³/mol. The number of hydrogen-bond acceptors (Lipinski definition) is 4. The van der Waals surface area contributed by atoms with Crippen LogP contribution in [0.5, 0.6) is 5.75 Å². The van der Waals surface area contributed by atoms with E-state index < -0.39 is 0 Å². The lowest BCUT2D eigenvalue weighted by Gasteiger charge is -2.32. The van der Waals surface area contributed by atoms with Crippen molar-refractivity contribution in [1.82, 2.24) is 9.80 Å². The summed E-state index contributed by atoms with van der Waals surface area (Å²) in [6.45, 7) is 3.04. The van der Waals surface area contributed by atoms with E-state index in [-0.39, 0.29) is 19.1 Å². The maximum atomic E-state index is 12.0. The summed E-state index contributed by atoms with van der Waals surface area (Å²) in [5.41, 5.74) is 0.587. The second-order valence-corrected chi connectivity index (χ2v) is 5.32. The quantitative estimate of drug-likeness (QED) is 0.900. The molecule has 1 aliphatic heterocycles. The van der Waals surface area contributed by atoms with Crippen LogP contribution in [0, 0.1) is 0 Å². The third-order valence-corrected chi connectivity index (χ3v) is 3.64. The minimum atomic E-state index is -0.168. The lowest BCUT2D eigenvalue weighted by molar-refractivity contribution is -0.134. The second-order valence-electron chi connectivity index (χ2n) is 4.88. The van der Waals surface area contributed by atoms with Gasteiger partial charge in [0, 0.05) is 36.8 Å². The zero-order valence-electron chi connectivity index (χ0n) is 11.5. The zero-order valence-corrected chi connectivity index (χ0v) is 12.3. The number of hydrogen-bond donors (Lipinski definition) is 1. The maximum absolute atomic E-state index is 12.0. The van der Waals surface area contributed by atoms with Crippen molar-refractivity contribution < 1.29 is 14.6 Å². The minimum absolute atomic E-state index is 0.0155. The van der Waals surface area contributed by atoms with Crippen LogP contribution >= 0.6 is 11.6 Å². The monoisotopic (exact) mass is 298 g/mol. The molecule has 2 rings (SSSR count). The highest BCUT2D eigenvalue weighted by Gasteiger charge is 2.19. The Hall–Kier alpha value is -1.30. The van der Waals surface area contributed by atoms with Gasteiger partial charge in [0.15, 0.2) is 6.61 Å². The van der Waals surface area contributed by atoms with Crippen LogP contribution in [0.25, 0.3) is 0 Å². The van der Waals surface area contributed by atoms with Crippen LogP contribution in [-0.4, -0.2) is 60.6 Å². The van der Waals surface area contributed by atoms with Gasteiger partial charge < -0.3 is 19.6 Å². The number of likely N-dealkylation sites (N-methyl/N-ethyl adjacent to an activating group) is 1. The average Bonchev–Trinajstić information content (AvgIpc) is 2.46. The largest absolute Gasteiger partial charge is 0.483 e. The molecule has 1 saturated heterocycles. The summed E-state index contributed by atoms with van der Waals surface area (Å²) < 4.78 is 5.50. The Balaban J connectivity index is 1.90. The third-order valence-electron chi connectivity index (χ3n) is 3.40. The van der Waals surface area contributed by atoms with Crippen molar-refractivity contribution in [2.45, 2.75) is 6.61 Å². The fourth-order valence-corrected chi connectivity index (χ4v) is 2.29. The maximum Gasteiger partial charge on any atom is 0.260 e. The molecule has 1 aromatic rings. The van der Waals surface area contributed by atoms with Crippen molar-refractivity contribution in [1.29, 1.82) is 0 Å². The van der Waals surface area contributed by atoms with Crippen molar-refractivity contribution in [3.63, 3.8) is 0 Å².